The van der Waals surface area contributed by atoms with Crippen molar-refractivity contribution >= 4 is 11.5 Å². The fraction of sp³-hybridized carbons (Fsp3) is 0.533. The monoisotopic (exact) mass is 290 g/mol. The number of rotatable bonds is 4. The second kappa shape index (κ2) is 6.43. The van der Waals surface area contributed by atoms with Gasteiger partial charge in [-0.25, -0.2) is 4.98 Å². The Morgan fingerprint density at radius 3 is 2.81 bits per heavy atom. The van der Waals surface area contributed by atoms with E-state index in [1.807, 2.05) is 28.8 Å². The van der Waals surface area contributed by atoms with Crippen LogP contribution in [0.1, 0.15) is 12.1 Å². The van der Waals surface area contributed by atoms with E-state index in [-0.39, 0.29) is 13.2 Å². The molecular formula is C15H22N4O2. The van der Waals surface area contributed by atoms with E-state index in [9.17, 15) is 5.11 Å². The standard InChI is InChI=1S/C15H22N4O2/c20-11-10-17-5-3-6-18(9-8-17)15-13(12-21)19-7-2-1-4-14(19)16-15/h1-2,4,7,20-21H,3,5-6,8-12H2. The molecule has 3 heterocycles. The molecule has 6 heteroatoms. The third-order valence-electron chi connectivity index (χ3n) is 4.06. The predicted octanol–water partition coefficient (Wildman–Crippen LogP) is 0.331. The van der Waals surface area contributed by atoms with Crippen molar-refractivity contribution in [2.45, 2.75) is 13.0 Å². The summed E-state index contributed by atoms with van der Waals surface area (Å²) >= 11 is 0. The Labute approximate surface area is 124 Å². The third-order valence-corrected chi connectivity index (χ3v) is 4.06. The van der Waals surface area contributed by atoms with Crippen LogP contribution in [0.15, 0.2) is 24.4 Å². The van der Waals surface area contributed by atoms with Gasteiger partial charge in [-0.3, -0.25) is 9.30 Å². The Morgan fingerprint density at radius 2 is 2.00 bits per heavy atom. The molecule has 3 rings (SSSR count). The Morgan fingerprint density at radius 1 is 1.10 bits per heavy atom. The van der Waals surface area contributed by atoms with Crippen molar-refractivity contribution in [2.24, 2.45) is 0 Å². The van der Waals surface area contributed by atoms with Gasteiger partial charge in [0.1, 0.15) is 5.65 Å². The van der Waals surface area contributed by atoms with Crippen LogP contribution in [0, 0.1) is 0 Å². The summed E-state index contributed by atoms with van der Waals surface area (Å²) in [6, 6.07) is 5.86. The largest absolute Gasteiger partial charge is 0.395 e. The fourth-order valence-corrected chi connectivity index (χ4v) is 2.98. The molecule has 0 unspecified atom stereocenters. The molecule has 2 aromatic rings. The van der Waals surface area contributed by atoms with Crippen LogP contribution in [-0.2, 0) is 6.61 Å². The van der Waals surface area contributed by atoms with Crippen LogP contribution in [0.25, 0.3) is 5.65 Å². The van der Waals surface area contributed by atoms with Gasteiger partial charge in [0.2, 0.25) is 0 Å². The normalized spacial score (nSPS) is 17.3. The van der Waals surface area contributed by atoms with E-state index in [1.165, 1.54) is 0 Å². The van der Waals surface area contributed by atoms with Crippen LogP contribution < -0.4 is 4.90 Å². The second-order valence-corrected chi connectivity index (χ2v) is 5.37. The summed E-state index contributed by atoms with van der Waals surface area (Å²) < 4.78 is 1.95. The maximum absolute atomic E-state index is 9.71. The van der Waals surface area contributed by atoms with Gasteiger partial charge in [0.25, 0.3) is 0 Å². The van der Waals surface area contributed by atoms with Gasteiger partial charge in [0.15, 0.2) is 5.82 Å². The quantitative estimate of drug-likeness (QED) is 0.850. The molecule has 0 bridgehead atoms. The number of hydrogen-bond acceptors (Lipinski definition) is 5. The lowest BCUT2D eigenvalue weighted by atomic mass is 10.3. The van der Waals surface area contributed by atoms with Crippen LogP contribution in [0.2, 0.25) is 0 Å². The highest BCUT2D eigenvalue weighted by molar-refractivity contribution is 5.55. The molecule has 1 saturated heterocycles. The second-order valence-electron chi connectivity index (χ2n) is 5.37. The minimum absolute atomic E-state index is 0.0165. The molecule has 6 nitrogen and oxygen atoms in total. The van der Waals surface area contributed by atoms with E-state index < -0.39 is 0 Å². The van der Waals surface area contributed by atoms with E-state index in [2.05, 4.69) is 14.8 Å². The number of aromatic nitrogens is 2. The topological polar surface area (TPSA) is 64.2 Å². The summed E-state index contributed by atoms with van der Waals surface area (Å²) in [5.41, 5.74) is 1.72. The van der Waals surface area contributed by atoms with Gasteiger partial charge in [0, 0.05) is 32.4 Å². The van der Waals surface area contributed by atoms with Gasteiger partial charge in [-0.2, -0.15) is 0 Å². The predicted molar refractivity (Wildman–Crippen MR) is 81.5 cm³/mol. The summed E-state index contributed by atoms with van der Waals surface area (Å²) in [5, 5.41) is 18.8. The molecule has 0 aliphatic carbocycles. The van der Waals surface area contributed by atoms with Crippen LogP contribution in [0.5, 0.6) is 0 Å². The minimum Gasteiger partial charge on any atom is -0.395 e. The van der Waals surface area contributed by atoms with E-state index in [0.29, 0.717) is 0 Å². The Bertz CT molecular complexity index is 598. The Kier molecular flexibility index (Phi) is 4.38. The summed E-state index contributed by atoms with van der Waals surface area (Å²) in [6.45, 7) is 4.63. The molecule has 114 valence electrons. The number of β-amino-alcohol motifs (C(OH)–C–C–N with tert-alkyl or cyclic N) is 1. The van der Waals surface area contributed by atoms with Gasteiger partial charge >= 0.3 is 0 Å². The number of fused-ring (bicyclic) bond motifs is 1. The molecular weight excluding hydrogens is 268 g/mol. The average molecular weight is 290 g/mol. The zero-order valence-corrected chi connectivity index (χ0v) is 12.1. The molecule has 0 atom stereocenters. The van der Waals surface area contributed by atoms with Gasteiger partial charge in [-0.1, -0.05) is 6.07 Å². The number of anilines is 1. The van der Waals surface area contributed by atoms with Crippen LogP contribution in [0.3, 0.4) is 0 Å². The highest BCUT2D eigenvalue weighted by Gasteiger charge is 2.20. The lowest BCUT2D eigenvalue weighted by Gasteiger charge is -2.22. The number of imidazole rings is 1. The fourth-order valence-electron chi connectivity index (χ4n) is 2.98. The van der Waals surface area contributed by atoms with Crippen LogP contribution in [-0.4, -0.2) is 63.8 Å². The first-order chi connectivity index (χ1) is 10.3. The summed E-state index contributed by atoms with van der Waals surface area (Å²) in [4.78, 5) is 9.20. The smallest absolute Gasteiger partial charge is 0.153 e. The van der Waals surface area contributed by atoms with Crippen molar-refractivity contribution in [3.63, 3.8) is 0 Å². The molecule has 2 N–H and O–H groups in total. The Hall–Kier alpha value is -1.63. The molecule has 2 aromatic heterocycles. The highest BCUT2D eigenvalue weighted by Crippen LogP contribution is 2.23. The number of nitrogens with zero attached hydrogens (tertiary/aromatic N) is 4. The zero-order chi connectivity index (χ0) is 14.7. The molecule has 0 spiro atoms. The first kappa shape index (κ1) is 14.3. The van der Waals surface area contributed by atoms with Crippen LogP contribution in [0.4, 0.5) is 5.82 Å². The van der Waals surface area contributed by atoms with Crippen molar-refractivity contribution in [2.75, 3.05) is 44.2 Å². The van der Waals surface area contributed by atoms with Crippen molar-refractivity contribution < 1.29 is 10.2 Å². The van der Waals surface area contributed by atoms with Crippen molar-refractivity contribution in [3.05, 3.63) is 30.1 Å². The molecule has 21 heavy (non-hydrogen) atoms. The number of aliphatic hydroxyl groups is 2. The number of hydrogen-bond donors (Lipinski definition) is 2. The maximum Gasteiger partial charge on any atom is 0.153 e. The van der Waals surface area contributed by atoms with Crippen LogP contribution >= 0.6 is 0 Å². The van der Waals surface area contributed by atoms with E-state index in [0.717, 1.165) is 56.3 Å². The van der Waals surface area contributed by atoms with Crippen molar-refractivity contribution in [3.8, 4) is 0 Å². The summed E-state index contributed by atoms with van der Waals surface area (Å²) in [5.74, 6) is 0.884. The van der Waals surface area contributed by atoms with E-state index in [1.54, 1.807) is 0 Å². The number of aliphatic hydroxyl groups excluding tert-OH is 2. The van der Waals surface area contributed by atoms with Gasteiger partial charge in [-0.05, 0) is 25.1 Å². The lowest BCUT2D eigenvalue weighted by Crippen LogP contribution is -2.32. The van der Waals surface area contributed by atoms with E-state index >= 15 is 0 Å². The number of pyridine rings is 1. The van der Waals surface area contributed by atoms with E-state index in [4.69, 9.17) is 5.11 Å². The first-order valence-electron chi connectivity index (χ1n) is 7.48. The summed E-state index contributed by atoms with van der Waals surface area (Å²) in [7, 11) is 0. The molecule has 0 aromatic carbocycles. The van der Waals surface area contributed by atoms with Crippen molar-refractivity contribution in [1.29, 1.82) is 0 Å². The molecule has 1 aliphatic rings. The Balaban J connectivity index is 1.86. The molecule has 0 radical (unpaired) electrons. The summed E-state index contributed by atoms with van der Waals surface area (Å²) in [6.07, 6.45) is 2.98. The molecule has 1 aliphatic heterocycles. The van der Waals surface area contributed by atoms with Crippen molar-refractivity contribution in [1.82, 2.24) is 14.3 Å². The molecule has 0 saturated carbocycles. The lowest BCUT2D eigenvalue weighted by molar-refractivity contribution is 0.204. The van der Waals surface area contributed by atoms with Gasteiger partial charge in [0.05, 0.1) is 18.9 Å². The molecule has 1 fully saturated rings. The average Bonchev–Trinajstić information content (AvgIpc) is 2.72. The maximum atomic E-state index is 9.71. The molecule has 0 amide bonds. The van der Waals surface area contributed by atoms with Gasteiger partial charge in [-0.15, -0.1) is 0 Å². The third kappa shape index (κ3) is 2.88. The first-order valence-corrected chi connectivity index (χ1v) is 7.48. The van der Waals surface area contributed by atoms with Gasteiger partial charge < -0.3 is 15.1 Å². The highest BCUT2D eigenvalue weighted by atomic mass is 16.3. The minimum atomic E-state index is -0.0165. The zero-order valence-electron chi connectivity index (χ0n) is 12.1. The SMILES string of the molecule is OCCN1CCCN(c2nc3ccccn3c2CO)CC1.